The van der Waals surface area contributed by atoms with E-state index in [2.05, 4.69) is 203 Å². The van der Waals surface area contributed by atoms with E-state index in [0.29, 0.717) is 17.5 Å². The normalized spacial score (nSPS) is 11.6. The van der Waals surface area contributed by atoms with E-state index in [1.807, 2.05) is 30.3 Å². The van der Waals surface area contributed by atoms with Crippen LogP contribution in [0.15, 0.2) is 168 Å². The van der Waals surface area contributed by atoms with Crippen LogP contribution in [-0.2, 0) is 32.9 Å². The number of hydrogen-bond acceptors (Lipinski definition) is 4. The fourth-order valence-corrected chi connectivity index (χ4v) is 10.3. The quantitative estimate of drug-likeness (QED) is 0.101. The predicted octanol–water partition coefficient (Wildman–Crippen LogP) is 14.6. The van der Waals surface area contributed by atoms with Gasteiger partial charge < -0.3 is 14.0 Å². The molecule has 0 amide bonds. The molecule has 0 aliphatic rings. The van der Waals surface area contributed by atoms with Crippen LogP contribution in [0, 0.1) is 24.0 Å². The molecule has 0 N–H and O–H groups in total. The number of hydrogen-bond donors (Lipinski definition) is 0. The Morgan fingerprint density at radius 2 is 1.29 bits per heavy atom. The standard InChI is InChI=1S/C40H30N3O.C18H24NSi.Ir/c1-26(2)25-29-23-24-33-32-19-12-20-34(38(32)44-40(33)41-29)39-42-35-21-9-10-22-36(35)43(39)37-30(27-13-5-3-6-14-27)17-11-18-31(37)28-15-7-4-8-16-28;1-14(2)11-16-12-17(15-9-7-6-8-10-15)19-13-18(16)20(3,4)5;/h3-19,21-24,26H,25H2,1-2H3;6-9,12-14H,11H2,1-5H3;/q2*-1;. The average Bonchev–Trinajstić information content (AvgIpc) is 3.87. The third kappa shape index (κ3) is 9.60. The van der Waals surface area contributed by atoms with E-state index in [9.17, 15) is 0 Å². The number of benzene rings is 6. The molecular formula is C58H54IrN4OSi-2. The largest absolute Gasteiger partial charge is 0.486 e. The maximum atomic E-state index is 6.58. The second kappa shape index (κ2) is 19.5. The minimum atomic E-state index is -1.34. The average molecular weight is 1040 g/mol. The summed E-state index contributed by atoms with van der Waals surface area (Å²) in [7, 11) is -1.34. The maximum absolute atomic E-state index is 6.58. The monoisotopic (exact) mass is 1040 g/mol. The van der Waals surface area contributed by atoms with Crippen molar-refractivity contribution in [2.24, 2.45) is 11.8 Å². The van der Waals surface area contributed by atoms with Crippen molar-refractivity contribution in [3.63, 3.8) is 0 Å². The van der Waals surface area contributed by atoms with Crippen molar-refractivity contribution in [2.75, 3.05) is 0 Å². The van der Waals surface area contributed by atoms with Crippen LogP contribution in [-0.4, -0.2) is 27.6 Å². The maximum Gasteiger partial charge on any atom is 0.216 e. The second-order valence-electron chi connectivity index (χ2n) is 18.5. The molecule has 6 aromatic carbocycles. The van der Waals surface area contributed by atoms with Crippen LogP contribution >= 0.6 is 0 Å². The number of pyridine rings is 2. The molecule has 65 heavy (non-hydrogen) atoms. The molecule has 10 aromatic rings. The van der Waals surface area contributed by atoms with Crippen LogP contribution < -0.4 is 5.19 Å². The molecule has 10 rings (SSSR count). The first-order valence-corrected chi connectivity index (χ1v) is 25.9. The molecule has 0 unspecified atom stereocenters. The van der Waals surface area contributed by atoms with Crippen molar-refractivity contribution in [1.82, 2.24) is 19.5 Å². The molecule has 4 aromatic heterocycles. The molecule has 0 fully saturated rings. The molecule has 7 heteroatoms. The van der Waals surface area contributed by atoms with Gasteiger partial charge >= 0.3 is 0 Å². The molecule has 0 aliphatic carbocycles. The van der Waals surface area contributed by atoms with Crippen LogP contribution in [0.3, 0.4) is 0 Å². The molecule has 0 bridgehead atoms. The minimum Gasteiger partial charge on any atom is -0.486 e. The molecule has 5 nitrogen and oxygen atoms in total. The summed E-state index contributed by atoms with van der Waals surface area (Å²) in [4.78, 5) is 14.9. The summed E-state index contributed by atoms with van der Waals surface area (Å²) in [5.74, 6) is 1.95. The molecule has 0 saturated carbocycles. The van der Waals surface area contributed by atoms with Gasteiger partial charge in [-0.15, -0.1) is 54.1 Å². The molecular weight excluding hydrogens is 989 g/mol. The summed E-state index contributed by atoms with van der Waals surface area (Å²) < 4.78 is 8.87. The first-order valence-electron chi connectivity index (χ1n) is 22.4. The van der Waals surface area contributed by atoms with Crippen LogP contribution in [0.4, 0.5) is 0 Å². The zero-order valence-electron chi connectivity index (χ0n) is 38.2. The zero-order chi connectivity index (χ0) is 44.4. The molecule has 0 spiro atoms. The molecule has 1 radical (unpaired) electrons. The van der Waals surface area contributed by atoms with Crippen LogP contribution in [0.2, 0.25) is 19.6 Å². The van der Waals surface area contributed by atoms with Crippen molar-refractivity contribution in [3.8, 4) is 50.6 Å². The van der Waals surface area contributed by atoms with E-state index < -0.39 is 8.07 Å². The van der Waals surface area contributed by atoms with Crippen molar-refractivity contribution in [3.05, 3.63) is 187 Å². The predicted molar refractivity (Wildman–Crippen MR) is 270 cm³/mol. The molecule has 0 aliphatic heterocycles. The summed E-state index contributed by atoms with van der Waals surface area (Å²) >= 11 is 0. The Balaban J connectivity index is 0.000000232. The summed E-state index contributed by atoms with van der Waals surface area (Å²) in [5.41, 5.74) is 14.3. The van der Waals surface area contributed by atoms with Gasteiger partial charge in [0.25, 0.3) is 0 Å². The number of imidazole rings is 1. The third-order valence-corrected chi connectivity index (χ3v) is 13.7. The van der Waals surface area contributed by atoms with E-state index >= 15 is 0 Å². The fraction of sp³-hybridized carbons (Fsp3) is 0.190. The summed E-state index contributed by atoms with van der Waals surface area (Å²) in [6.07, 6.45) is 4.14. The Bertz CT molecular complexity index is 3150. The number of rotatable bonds is 10. The van der Waals surface area contributed by atoms with Crippen molar-refractivity contribution in [2.45, 2.75) is 60.2 Å². The first kappa shape index (κ1) is 45.3. The van der Waals surface area contributed by atoms with Crippen molar-refractivity contribution >= 4 is 46.4 Å². The smallest absolute Gasteiger partial charge is 0.216 e. The van der Waals surface area contributed by atoms with E-state index in [4.69, 9.17) is 14.4 Å². The Hall–Kier alpha value is -6.24. The van der Waals surface area contributed by atoms with Gasteiger partial charge in [0.15, 0.2) is 0 Å². The van der Waals surface area contributed by atoms with Gasteiger partial charge in [-0.05, 0) is 71.0 Å². The SMILES string of the molecule is CC(C)Cc1cc(-c2[c-]cccc2)ncc1[Si](C)(C)C.CC(C)Cc1ccc2c(n1)oc1c(-c3nc4ccccc4n3-c3c(-c4ccccc4)cccc3-c3ccccc3)[c-]ccc12.[Ir]. The van der Waals surface area contributed by atoms with Gasteiger partial charge in [-0.3, -0.25) is 4.98 Å². The van der Waals surface area contributed by atoms with Gasteiger partial charge in [-0.2, -0.15) is 0 Å². The summed E-state index contributed by atoms with van der Waals surface area (Å²) in [6, 6.07) is 61.4. The minimum absolute atomic E-state index is 0. The van der Waals surface area contributed by atoms with Crippen molar-refractivity contribution in [1.29, 1.82) is 0 Å². The van der Waals surface area contributed by atoms with Gasteiger partial charge in [0.05, 0.1) is 36.2 Å². The van der Waals surface area contributed by atoms with Crippen LogP contribution in [0.25, 0.3) is 83.7 Å². The van der Waals surface area contributed by atoms with Crippen LogP contribution in [0.1, 0.15) is 39.0 Å². The number of nitrogens with zero attached hydrogens (tertiary/aromatic N) is 4. The van der Waals surface area contributed by atoms with Gasteiger partial charge in [0, 0.05) is 48.5 Å². The van der Waals surface area contributed by atoms with Crippen LogP contribution in [0.5, 0.6) is 0 Å². The Morgan fingerprint density at radius 3 is 1.94 bits per heavy atom. The zero-order valence-corrected chi connectivity index (χ0v) is 41.6. The fourth-order valence-electron chi connectivity index (χ4n) is 8.75. The van der Waals surface area contributed by atoms with E-state index in [0.717, 1.165) is 96.5 Å². The summed E-state index contributed by atoms with van der Waals surface area (Å²) in [5, 5.41) is 3.50. The van der Waals surface area contributed by atoms with Gasteiger partial charge in [-0.25, -0.2) is 4.98 Å². The first-order chi connectivity index (χ1) is 31.0. The Morgan fingerprint density at radius 1 is 0.631 bits per heavy atom. The van der Waals surface area contributed by atoms with Gasteiger partial charge in [0.2, 0.25) is 5.71 Å². The number of para-hydroxylation sites is 3. The molecule has 0 saturated heterocycles. The number of fused-ring (bicyclic) bond motifs is 4. The molecule has 0 atom stereocenters. The Labute approximate surface area is 398 Å². The van der Waals surface area contributed by atoms with Gasteiger partial charge in [-0.1, -0.05) is 161 Å². The van der Waals surface area contributed by atoms with Gasteiger partial charge in [0.1, 0.15) is 0 Å². The molecule has 4 heterocycles. The Kier molecular flexibility index (Phi) is 13.6. The van der Waals surface area contributed by atoms with E-state index in [1.165, 1.54) is 10.8 Å². The van der Waals surface area contributed by atoms with E-state index in [-0.39, 0.29) is 20.1 Å². The van der Waals surface area contributed by atoms with Crippen molar-refractivity contribution < 1.29 is 24.5 Å². The topological polar surface area (TPSA) is 56.7 Å². The number of aromatic nitrogens is 4. The molecule has 327 valence electrons. The summed E-state index contributed by atoms with van der Waals surface area (Å²) in [6.45, 7) is 16.1. The second-order valence-corrected chi connectivity index (χ2v) is 23.5. The third-order valence-electron chi connectivity index (χ3n) is 11.6. The number of furan rings is 1. The van der Waals surface area contributed by atoms with E-state index in [1.54, 1.807) is 0 Å².